The Kier molecular flexibility index (Phi) is 5.32. The van der Waals surface area contributed by atoms with Crippen molar-refractivity contribution in [3.63, 3.8) is 0 Å². The first-order chi connectivity index (χ1) is 13.0. The van der Waals surface area contributed by atoms with Gasteiger partial charge in [0.05, 0.1) is 32.0 Å². The van der Waals surface area contributed by atoms with Crippen LogP contribution in [0.15, 0.2) is 29.6 Å². The van der Waals surface area contributed by atoms with Crippen LogP contribution in [0.25, 0.3) is 22.4 Å². The van der Waals surface area contributed by atoms with Crippen LogP contribution in [0.5, 0.6) is 17.2 Å². The maximum absolute atomic E-state index is 11.8. The van der Waals surface area contributed by atoms with Gasteiger partial charge in [-0.2, -0.15) is 0 Å². The molecule has 7 heteroatoms. The van der Waals surface area contributed by atoms with Gasteiger partial charge in [-0.1, -0.05) is 6.07 Å². The number of aromatic nitrogens is 1. The number of nitrogens with two attached hydrogens (primary N) is 1. The first-order valence-electron chi connectivity index (χ1n) is 8.14. The monoisotopic (exact) mass is 384 g/mol. The molecule has 140 valence electrons. The average molecular weight is 384 g/mol. The molecule has 1 aromatic heterocycles. The smallest absolute Gasteiger partial charge is 0.203 e. The number of carbonyl (C=O) groups is 1. The SMILES string of the molecule is COc1cc(C=O)c(-c2cc(-c3csc(C)n3)ccc2N)c(OC)c1OC. The number of nitrogens with zero attached hydrogens (tertiary/aromatic N) is 1. The summed E-state index contributed by atoms with van der Waals surface area (Å²) in [5, 5.41) is 2.96. The van der Waals surface area contributed by atoms with Crippen molar-refractivity contribution in [3.8, 4) is 39.6 Å². The molecule has 2 aromatic carbocycles. The summed E-state index contributed by atoms with van der Waals surface area (Å²) in [5.41, 5.74) is 10.1. The molecule has 6 nitrogen and oxygen atoms in total. The number of rotatable bonds is 6. The van der Waals surface area contributed by atoms with E-state index in [0.29, 0.717) is 39.6 Å². The molecule has 0 atom stereocenters. The zero-order valence-electron chi connectivity index (χ0n) is 15.5. The minimum atomic E-state index is 0.386. The number of aldehydes is 1. The molecule has 0 saturated carbocycles. The fourth-order valence-electron chi connectivity index (χ4n) is 2.97. The van der Waals surface area contributed by atoms with Crippen LogP contribution in [0, 0.1) is 6.92 Å². The van der Waals surface area contributed by atoms with E-state index >= 15 is 0 Å². The van der Waals surface area contributed by atoms with Crippen molar-refractivity contribution in [2.45, 2.75) is 6.92 Å². The van der Waals surface area contributed by atoms with Crippen LogP contribution >= 0.6 is 11.3 Å². The number of ether oxygens (including phenoxy) is 3. The van der Waals surface area contributed by atoms with E-state index in [9.17, 15) is 4.79 Å². The fourth-order valence-corrected chi connectivity index (χ4v) is 3.60. The standard InChI is InChI=1S/C20H20N2O4S/c1-11-22-16(10-27-11)12-5-6-15(21)14(7-12)18-13(9-23)8-17(24-2)19(25-3)20(18)26-4/h5-10H,21H2,1-4H3. The lowest BCUT2D eigenvalue weighted by Crippen LogP contribution is -2.02. The van der Waals surface area contributed by atoms with E-state index in [1.54, 1.807) is 23.5 Å². The van der Waals surface area contributed by atoms with Crippen LogP contribution < -0.4 is 19.9 Å². The number of hydrogen-bond acceptors (Lipinski definition) is 7. The molecule has 0 fully saturated rings. The van der Waals surface area contributed by atoms with Gasteiger partial charge in [-0.15, -0.1) is 11.3 Å². The highest BCUT2D eigenvalue weighted by Crippen LogP contribution is 2.48. The van der Waals surface area contributed by atoms with E-state index < -0.39 is 0 Å². The Bertz CT molecular complexity index is 998. The predicted octanol–water partition coefficient (Wildman–Crippen LogP) is 4.21. The predicted molar refractivity (Wildman–Crippen MR) is 107 cm³/mol. The lowest BCUT2D eigenvalue weighted by molar-refractivity contribution is 0.112. The third kappa shape index (κ3) is 3.33. The van der Waals surface area contributed by atoms with Crippen LogP contribution in [0.3, 0.4) is 0 Å². The van der Waals surface area contributed by atoms with Crippen LogP contribution in [-0.4, -0.2) is 32.6 Å². The summed E-state index contributed by atoms with van der Waals surface area (Å²) in [5.74, 6) is 1.19. The Hall–Kier alpha value is -3.06. The second-order valence-corrected chi connectivity index (χ2v) is 6.84. The van der Waals surface area contributed by atoms with Crippen LogP contribution in [0.2, 0.25) is 0 Å². The number of thiazole rings is 1. The molecule has 0 unspecified atom stereocenters. The van der Waals surface area contributed by atoms with Gasteiger partial charge in [0.25, 0.3) is 0 Å². The summed E-state index contributed by atoms with van der Waals surface area (Å²) in [6.45, 7) is 1.95. The first-order valence-corrected chi connectivity index (χ1v) is 9.02. The molecule has 0 radical (unpaired) electrons. The van der Waals surface area contributed by atoms with Crippen molar-refractivity contribution in [1.82, 2.24) is 4.98 Å². The number of anilines is 1. The van der Waals surface area contributed by atoms with E-state index in [2.05, 4.69) is 4.98 Å². The van der Waals surface area contributed by atoms with Gasteiger partial charge in [-0.3, -0.25) is 4.79 Å². The van der Waals surface area contributed by atoms with E-state index in [1.807, 2.05) is 24.4 Å². The Balaban J connectivity index is 2.31. The second-order valence-electron chi connectivity index (χ2n) is 5.78. The number of nitrogen functional groups attached to an aromatic ring is 1. The summed E-state index contributed by atoms with van der Waals surface area (Å²) < 4.78 is 16.4. The Morgan fingerprint density at radius 1 is 1.07 bits per heavy atom. The molecular formula is C20H20N2O4S. The van der Waals surface area contributed by atoms with Crippen LogP contribution in [0.1, 0.15) is 15.4 Å². The molecule has 3 aromatic rings. The number of hydrogen-bond donors (Lipinski definition) is 1. The number of benzene rings is 2. The summed E-state index contributed by atoms with van der Waals surface area (Å²) in [6.07, 6.45) is 0.749. The highest BCUT2D eigenvalue weighted by molar-refractivity contribution is 7.09. The number of aryl methyl sites for hydroxylation is 1. The fraction of sp³-hybridized carbons (Fsp3) is 0.200. The number of carbonyl (C=O) groups excluding carboxylic acids is 1. The molecule has 2 N–H and O–H groups in total. The first kappa shape index (κ1) is 18.7. The molecule has 0 aliphatic heterocycles. The molecule has 1 heterocycles. The Morgan fingerprint density at radius 2 is 1.81 bits per heavy atom. The third-order valence-corrected chi connectivity index (χ3v) is 5.00. The van der Waals surface area contributed by atoms with Gasteiger partial charge in [-0.05, 0) is 25.1 Å². The van der Waals surface area contributed by atoms with E-state index in [1.165, 1.54) is 21.3 Å². The maximum atomic E-state index is 11.8. The minimum Gasteiger partial charge on any atom is -0.493 e. The van der Waals surface area contributed by atoms with Crippen molar-refractivity contribution in [1.29, 1.82) is 0 Å². The molecule has 0 aliphatic rings. The Labute approximate surface area is 161 Å². The van der Waals surface area contributed by atoms with Crippen LogP contribution in [0.4, 0.5) is 5.69 Å². The van der Waals surface area contributed by atoms with Crippen molar-refractivity contribution < 1.29 is 19.0 Å². The van der Waals surface area contributed by atoms with Gasteiger partial charge < -0.3 is 19.9 Å². The van der Waals surface area contributed by atoms with Crippen molar-refractivity contribution in [3.05, 3.63) is 40.2 Å². The summed E-state index contributed by atoms with van der Waals surface area (Å²) in [7, 11) is 4.53. The quantitative estimate of drug-likeness (QED) is 0.506. The molecule has 0 amide bonds. The Morgan fingerprint density at radius 3 is 2.37 bits per heavy atom. The summed E-state index contributed by atoms with van der Waals surface area (Å²) >= 11 is 1.57. The molecule has 27 heavy (non-hydrogen) atoms. The molecule has 0 aliphatic carbocycles. The van der Waals surface area contributed by atoms with Gasteiger partial charge >= 0.3 is 0 Å². The van der Waals surface area contributed by atoms with E-state index in [4.69, 9.17) is 19.9 Å². The van der Waals surface area contributed by atoms with E-state index in [-0.39, 0.29) is 0 Å². The summed E-state index contributed by atoms with van der Waals surface area (Å²) in [4.78, 5) is 16.3. The average Bonchev–Trinajstić information content (AvgIpc) is 3.12. The third-order valence-electron chi connectivity index (χ3n) is 4.22. The van der Waals surface area contributed by atoms with Crippen LogP contribution in [-0.2, 0) is 0 Å². The van der Waals surface area contributed by atoms with Gasteiger partial charge in [-0.25, -0.2) is 4.98 Å². The normalized spacial score (nSPS) is 10.5. The highest BCUT2D eigenvalue weighted by Gasteiger charge is 2.23. The molecule has 0 bridgehead atoms. The molecule has 3 rings (SSSR count). The van der Waals surface area contributed by atoms with Gasteiger partial charge in [0.15, 0.2) is 17.8 Å². The topological polar surface area (TPSA) is 83.7 Å². The summed E-state index contributed by atoms with van der Waals surface area (Å²) in [6, 6.07) is 7.22. The zero-order chi connectivity index (χ0) is 19.6. The van der Waals surface area contributed by atoms with E-state index in [0.717, 1.165) is 22.6 Å². The lowest BCUT2D eigenvalue weighted by atomic mass is 9.94. The highest BCUT2D eigenvalue weighted by atomic mass is 32.1. The zero-order valence-corrected chi connectivity index (χ0v) is 16.3. The molecule has 0 saturated heterocycles. The molecule has 0 spiro atoms. The number of methoxy groups -OCH3 is 3. The van der Waals surface area contributed by atoms with Crippen molar-refractivity contribution in [2.24, 2.45) is 0 Å². The van der Waals surface area contributed by atoms with Gasteiger partial charge in [0, 0.05) is 33.3 Å². The van der Waals surface area contributed by atoms with Gasteiger partial charge in [0.2, 0.25) is 5.75 Å². The van der Waals surface area contributed by atoms with Gasteiger partial charge in [0.1, 0.15) is 0 Å². The largest absolute Gasteiger partial charge is 0.493 e. The minimum absolute atomic E-state index is 0.386. The van der Waals surface area contributed by atoms with Crippen molar-refractivity contribution >= 4 is 23.3 Å². The second kappa shape index (κ2) is 7.67. The van der Waals surface area contributed by atoms with Crippen molar-refractivity contribution in [2.75, 3.05) is 27.1 Å². The lowest BCUT2D eigenvalue weighted by Gasteiger charge is -2.19. The maximum Gasteiger partial charge on any atom is 0.203 e. The molecular weight excluding hydrogens is 364 g/mol.